The Labute approximate surface area is 191 Å². The fourth-order valence-electron chi connectivity index (χ4n) is 5.44. The summed E-state index contributed by atoms with van der Waals surface area (Å²) in [6.07, 6.45) is 9.37. The second-order valence-corrected chi connectivity index (χ2v) is 10.5. The molecule has 3 rings (SSSR count). The van der Waals surface area contributed by atoms with Gasteiger partial charge in [-0.2, -0.15) is 0 Å². The maximum Gasteiger partial charge on any atom is 0.325 e. The third-order valence-corrected chi connectivity index (χ3v) is 8.13. The fraction of sp³-hybridized carbons (Fsp3) is 0.833. The van der Waals surface area contributed by atoms with Crippen LogP contribution in [0.2, 0.25) is 0 Å². The molecule has 8 nitrogen and oxygen atoms in total. The lowest BCUT2D eigenvalue weighted by atomic mass is 9.65. The number of rotatable bonds is 8. The van der Waals surface area contributed by atoms with Crippen molar-refractivity contribution in [3.63, 3.8) is 0 Å². The van der Waals surface area contributed by atoms with Crippen LogP contribution in [0, 0.1) is 17.3 Å². The Bertz CT molecular complexity index is 722. The summed E-state index contributed by atoms with van der Waals surface area (Å²) >= 11 is 0. The van der Waals surface area contributed by atoms with Crippen molar-refractivity contribution in [3.8, 4) is 0 Å². The van der Waals surface area contributed by atoms with Gasteiger partial charge in [0.15, 0.2) is 0 Å². The van der Waals surface area contributed by atoms with Crippen LogP contribution in [0.4, 0.5) is 4.79 Å². The van der Waals surface area contributed by atoms with Gasteiger partial charge in [-0.25, -0.2) is 4.79 Å². The third-order valence-electron chi connectivity index (χ3n) is 8.13. The van der Waals surface area contributed by atoms with E-state index in [0.717, 1.165) is 49.8 Å². The largest absolute Gasteiger partial charge is 0.354 e. The summed E-state index contributed by atoms with van der Waals surface area (Å²) in [6, 6.07) is -0.482. The summed E-state index contributed by atoms with van der Waals surface area (Å²) in [5.41, 5.74) is -0.634. The van der Waals surface area contributed by atoms with Crippen molar-refractivity contribution in [2.45, 2.75) is 90.5 Å². The standard InChI is InChI=1S/C24H40N4O4/c1-4-23(2,3)18-10-12-24(13-11-18)21(31)28(22(32)27-24)16-19(29)25-14-15-26-20(30)17-8-6-5-7-9-17/h17-18H,4-16H2,1-3H3,(H,25,29)(H,26,30)(H,27,32). The van der Waals surface area contributed by atoms with Crippen LogP contribution in [-0.4, -0.2) is 53.8 Å². The number of urea groups is 1. The van der Waals surface area contributed by atoms with Gasteiger partial charge in [0.25, 0.3) is 5.91 Å². The lowest BCUT2D eigenvalue weighted by molar-refractivity contribution is -0.136. The Morgan fingerprint density at radius 2 is 1.66 bits per heavy atom. The summed E-state index contributed by atoms with van der Waals surface area (Å²) in [7, 11) is 0. The highest BCUT2D eigenvalue weighted by atomic mass is 16.2. The molecular weight excluding hydrogens is 408 g/mol. The minimum absolute atomic E-state index is 0.0526. The Morgan fingerprint density at radius 1 is 1.03 bits per heavy atom. The maximum atomic E-state index is 13.1. The van der Waals surface area contributed by atoms with Crippen LogP contribution in [0.1, 0.15) is 85.0 Å². The molecule has 0 aromatic carbocycles. The van der Waals surface area contributed by atoms with Gasteiger partial charge in [-0.15, -0.1) is 0 Å². The van der Waals surface area contributed by atoms with Crippen LogP contribution in [0.25, 0.3) is 0 Å². The number of amides is 5. The van der Waals surface area contributed by atoms with Gasteiger partial charge in [0.1, 0.15) is 12.1 Å². The number of nitrogens with zero attached hydrogens (tertiary/aromatic N) is 1. The Kier molecular flexibility index (Phi) is 7.83. The van der Waals surface area contributed by atoms with E-state index >= 15 is 0 Å². The highest BCUT2D eigenvalue weighted by Crippen LogP contribution is 2.45. The normalized spacial score (nSPS) is 26.8. The van der Waals surface area contributed by atoms with Gasteiger partial charge in [-0.05, 0) is 49.9 Å². The average molecular weight is 449 g/mol. The molecule has 0 aromatic rings. The van der Waals surface area contributed by atoms with Gasteiger partial charge in [-0.1, -0.05) is 46.5 Å². The molecule has 180 valence electrons. The number of hydrogen-bond donors (Lipinski definition) is 3. The Hall–Kier alpha value is -2.12. The molecule has 3 aliphatic rings. The first-order chi connectivity index (χ1) is 15.2. The molecule has 0 unspecified atom stereocenters. The number of hydrogen-bond acceptors (Lipinski definition) is 4. The predicted octanol–water partition coefficient (Wildman–Crippen LogP) is 2.72. The molecule has 3 fully saturated rings. The average Bonchev–Trinajstić information content (AvgIpc) is 3.01. The molecule has 1 spiro atoms. The number of imide groups is 1. The van der Waals surface area contributed by atoms with Crippen LogP contribution in [-0.2, 0) is 14.4 Å². The SMILES string of the molecule is CCC(C)(C)C1CCC2(CC1)NC(=O)N(CC(=O)NCCNC(=O)C1CCCCC1)C2=O. The van der Waals surface area contributed by atoms with Crippen molar-refractivity contribution < 1.29 is 19.2 Å². The molecule has 2 saturated carbocycles. The van der Waals surface area contributed by atoms with Crippen LogP contribution in [0.15, 0.2) is 0 Å². The van der Waals surface area contributed by atoms with Crippen molar-refractivity contribution in [1.29, 1.82) is 0 Å². The van der Waals surface area contributed by atoms with Gasteiger partial charge in [0.2, 0.25) is 11.8 Å². The fourth-order valence-corrected chi connectivity index (χ4v) is 5.44. The molecule has 8 heteroatoms. The minimum atomic E-state index is -0.856. The first kappa shape index (κ1) is 24.5. The van der Waals surface area contributed by atoms with Crippen molar-refractivity contribution >= 4 is 23.8 Å². The van der Waals surface area contributed by atoms with E-state index in [9.17, 15) is 19.2 Å². The van der Waals surface area contributed by atoms with Crippen molar-refractivity contribution in [2.24, 2.45) is 17.3 Å². The summed E-state index contributed by atoms with van der Waals surface area (Å²) in [5, 5.41) is 8.46. The number of carbonyl (C=O) groups excluding carboxylic acids is 4. The van der Waals surface area contributed by atoms with E-state index in [2.05, 4.69) is 36.7 Å². The first-order valence-corrected chi connectivity index (χ1v) is 12.4. The van der Waals surface area contributed by atoms with Gasteiger partial charge < -0.3 is 16.0 Å². The molecule has 0 bridgehead atoms. The molecule has 1 saturated heterocycles. The molecule has 0 aromatic heterocycles. The molecule has 0 atom stereocenters. The topological polar surface area (TPSA) is 108 Å². The first-order valence-electron chi connectivity index (χ1n) is 12.4. The van der Waals surface area contributed by atoms with Gasteiger partial charge >= 0.3 is 6.03 Å². The van der Waals surface area contributed by atoms with Crippen LogP contribution < -0.4 is 16.0 Å². The molecule has 5 amide bonds. The van der Waals surface area contributed by atoms with E-state index in [-0.39, 0.29) is 36.2 Å². The van der Waals surface area contributed by atoms with Crippen LogP contribution in [0.5, 0.6) is 0 Å². The third kappa shape index (κ3) is 5.44. The zero-order valence-electron chi connectivity index (χ0n) is 19.9. The van der Waals surface area contributed by atoms with E-state index in [1.54, 1.807) is 0 Å². The highest BCUT2D eigenvalue weighted by Gasteiger charge is 2.53. The molecule has 32 heavy (non-hydrogen) atoms. The van der Waals surface area contributed by atoms with E-state index in [1.807, 2.05) is 0 Å². The second kappa shape index (κ2) is 10.2. The van der Waals surface area contributed by atoms with Gasteiger partial charge in [0, 0.05) is 19.0 Å². The zero-order valence-corrected chi connectivity index (χ0v) is 19.9. The summed E-state index contributed by atoms with van der Waals surface area (Å²) in [6.45, 7) is 7.05. The lowest BCUT2D eigenvalue weighted by Gasteiger charge is -2.42. The van der Waals surface area contributed by atoms with E-state index in [1.165, 1.54) is 6.42 Å². The molecular formula is C24H40N4O4. The quantitative estimate of drug-likeness (QED) is 0.392. The van der Waals surface area contributed by atoms with Crippen LogP contribution >= 0.6 is 0 Å². The smallest absolute Gasteiger partial charge is 0.325 e. The predicted molar refractivity (Wildman–Crippen MR) is 122 cm³/mol. The molecule has 1 heterocycles. The van der Waals surface area contributed by atoms with Crippen LogP contribution in [0.3, 0.4) is 0 Å². The van der Waals surface area contributed by atoms with Gasteiger partial charge in [-0.3, -0.25) is 19.3 Å². The van der Waals surface area contributed by atoms with E-state index < -0.39 is 17.5 Å². The van der Waals surface area contributed by atoms with Gasteiger partial charge in [0.05, 0.1) is 0 Å². The summed E-state index contributed by atoms with van der Waals surface area (Å²) in [4.78, 5) is 51.1. The molecule has 0 radical (unpaired) electrons. The maximum absolute atomic E-state index is 13.1. The Balaban J connectivity index is 1.42. The molecule has 1 aliphatic heterocycles. The number of nitrogens with one attached hydrogen (secondary N) is 3. The second-order valence-electron chi connectivity index (χ2n) is 10.5. The lowest BCUT2D eigenvalue weighted by Crippen LogP contribution is -2.51. The Morgan fingerprint density at radius 3 is 2.28 bits per heavy atom. The summed E-state index contributed by atoms with van der Waals surface area (Å²) < 4.78 is 0. The van der Waals surface area contributed by atoms with Crippen molar-refractivity contribution in [2.75, 3.05) is 19.6 Å². The monoisotopic (exact) mass is 448 g/mol. The zero-order chi connectivity index (χ0) is 23.4. The molecule has 3 N–H and O–H groups in total. The van der Waals surface area contributed by atoms with E-state index in [4.69, 9.17) is 0 Å². The number of carbonyl (C=O) groups is 4. The molecule has 2 aliphatic carbocycles. The van der Waals surface area contributed by atoms with Crippen molar-refractivity contribution in [1.82, 2.24) is 20.9 Å². The van der Waals surface area contributed by atoms with E-state index in [0.29, 0.717) is 25.3 Å². The minimum Gasteiger partial charge on any atom is -0.354 e. The van der Waals surface area contributed by atoms with Crippen molar-refractivity contribution in [3.05, 3.63) is 0 Å². The highest BCUT2D eigenvalue weighted by molar-refractivity contribution is 6.09. The summed E-state index contributed by atoms with van der Waals surface area (Å²) in [5.74, 6) is -0.00494.